The molecule has 0 bridgehead atoms. The maximum absolute atomic E-state index is 12.4. The van der Waals surface area contributed by atoms with Crippen molar-refractivity contribution in [2.45, 2.75) is 31.7 Å². The minimum atomic E-state index is -0.330. The maximum atomic E-state index is 12.4. The molecule has 4 N–H and O–H groups in total. The molecule has 3 atom stereocenters. The summed E-state index contributed by atoms with van der Waals surface area (Å²) in [7, 11) is 0. The Hall–Kier alpha value is -1.39. The highest BCUT2D eigenvalue weighted by molar-refractivity contribution is 5.79. The molecule has 2 rings (SSSR count). The van der Waals surface area contributed by atoms with Gasteiger partial charge in [-0.05, 0) is 30.9 Å². The molecule has 1 aliphatic rings. The molecule has 1 aromatic carbocycles. The number of aliphatic hydroxyl groups is 1. The van der Waals surface area contributed by atoms with Crippen LogP contribution in [0.15, 0.2) is 30.3 Å². The van der Waals surface area contributed by atoms with E-state index in [1.54, 1.807) is 0 Å². The van der Waals surface area contributed by atoms with Gasteiger partial charge in [0.2, 0.25) is 5.91 Å². The first kappa shape index (κ1) is 15.0. The second-order valence-corrected chi connectivity index (χ2v) is 5.54. The van der Waals surface area contributed by atoms with E-state index in [0.717, 1.165) is 31.2 Å². The van der Waals surface area contributed by atoms with Gasteiger partial charge in [-0.1, -0.05) is 43.2 Å². The lowest BCUT2D eigenvalue weighted by Gasteiger charge is -2.31. The van der Waals surface area contributed by atoms with Gasteiger partial charge in [0.05, 0.1) is 12.6 Å². The minimum absolute atomic E-state index is 0.00786. The van der Waals surface area contributed by atoms with Gasteiger partial charge in [-0.15, -0.1) is 0 Å². The maximum Gasteiger partial charge on any atom is 0.223 e. The molecule has 110 valence electrons. The Balaban J connectivity index is 2.01. The largest absolute Gasteiger partial charge is 0.394 e. The average Bonchev–Trinajstić information content (AvgIpc) is 2.53. The zero-order chi connectivity index (χ0) is 14.4. The number of hydrogen-bond donors (Lipinski definition) is 3. The molecular weight excluding hydrogens is 252 g/mol. The number of carbonyl (C=O) groups excluding carboxylic acids is 1. The third-order valence-electron chi connectivity index (χ3n) is 4.25. The number of nitrogens with one attached hydrogen (secondary N) is 1. The van der Waals surface area contributed by atoms with Crippen LogP contribution in [0.2, 0.25) is 0 Å². The third-order valence-corrected chi connectivity index (χ3v) is 4.25. The molecule has 1 aromatic rings. The van der Waals surface area contributed by atoms with Gasteiger partial charge in [0.1, 0.15) is 0 Å². The molecule has 4 heteroatoms. The zero-order valence-electron chi connectivity index (χ0n) is 11.8. The molecule has 1 saturated carbocycles. The lowest BCUT2D eigenvalue weighted by atomic mass is 9.78. The summed E-state index contributed by atoms with van der Waals surface area (Å²) in [6, 6.07) is 9.25. The van der Waals surface area contributed by atoms with E-state index in [1.165, 1.54) is 0 Å². The van der Waals surface area contributed by atoms with Gasteiger partial charge in [0, 0.05) is 5.92 Å². The van der Waals surface area contributed by atoms with Gasteiger partial charge >= 0.3 is 0 Å². The number of carbonyl (C=O) groups is 1. The predicted octanol–water partition coefficient (Wildman–Crippen LogP) is 1.60. The standard InChI is InChI=1S/C16H24N2O2/c17-10-13-8-4-5-9-14(13)16(20)18-15(11-19)12-6-2-1-3-7-12/h1-3,6-7,13-15,19H,4-5,8-11,17H2,(H,18,20)/t13?,14?,15-/m1/s1. The van der Waals surface area contributed by atoms with E-state index in [9.17, 15) is 9.90 Å². The van der Waals surface area contributed by atoms with Crippen molar-refractivity contribution in [3.8, 4) is 0 Å². The SMILES string of the molecule is NCC1CCCCC1C(=O)N[C@H](CO)c1ccccc1. The van der Waals surface area contributed by atoms with Crippen molar-refractivity contribution < 1.29 is 9.90 Å². The number of amides is 1. The van der Waals surface area contributed by atoms with Crippen molar-refractivity contribution >= 4 is 5.91 Å². The van der Waals surface area contributed by atoms with E-state index in [2.05, 4.69) is 5.32 Å². The van der Waals surface area contributed by atoms with Crippen molar-refractivity contribution in [2.24, 2.45) is 17.6 Å². The van der Waals surface area contributed by atoms with Crippen LogP contribution in [-0.4, -0.2) is 24.2 Å². The molecule has 0 saturated heterocycles. The predicted molar refractivity (Wildman–Crippen MR) is 78.9 cm³/mol. The summed E-state index contributed by atoms with van der Waals surface area (Å²) in [5.41, 5.74) is 6.71. The molecule has 0 aliphatic heterocycles. The van der Waals surface area contributed by atoms with E-state index >= 15 is 0 Å². The highest BCUT2D eigenvalue weighted by Gasteiger charge is 2.31. The van der Waals surface area contributed by atoms with Crippen molar-refractivity contribution in [3.63, 3.8) is 0 Å². The van der Waals surface area contributed by atoms with Gasteiger partial charge in [-0.2, -0.15) is 0 Å². The molecule has 0 spiro atoms. The van der Waals surface area contributed by atoms with Crippen LogP contribution in [0.1, 0.15) is 37.3 Å². The first-order chi connectivity index (χ1) is 9.76. The second kappa shape index (κ2) is 7.41. The highest BCUT2D eigenvalue weighted by Crippen LogP contribution is 2.30. The highest BCUT2D eigenvalue weighted by atomic mass is 16.3. The molecule has 1 amide bonds. The van der Waals surface area contributed by atoms with Gasteiger partial charge in [-0.3, -0.25) is 4.79 Å². The van der Waals surface area contributed by atoms with Gasteiger partial charge in [0.15, 0.2) is 0 Å². The minimum Gasteiger partial charge on any atom is -0.394 e. The number of nitrogens with two attached hydrogens (primary N) is 1. The summed E-state index contributed by atoms with van der Waals surface area (Å²) in [4.78, 5) is 12.4. The van der Waals surface area contributed by atoms with E-state index < -0.39 is 0 Å². The average molecular weight is 276 g/mol. The summed E-state index contributed by atoms with van der Waals surface area (Å²) in [6.07, 6.45) is 4.18. The van der Waals surface area contributed by atoms with Crippen LogP contribution in [0, 0.1) is 11.8 Å². The smallest absolute Gasteiger partial charge is 0.223 e. The second-order valence-electron chi connectivity index (χ2n) is 5.54. The summed E-state index contributed by atoms with van der Waals surface area (Å²) in [6.45, 7) is 0.475. The van der Waals surface area contributed by atoms with E-state index in [-0.39, 0.29) is 30.4 Å². The van der Waals surface area contributed by atoms with Crippen molar-refractivity contribution in [2.75, 3.05) is 13.2 Å². The Bertz CT molecular complexity index is 422. The Morgan fingerprint density at radius 1 is 1.30 bits per heavy atom. The van der Waals surface area contributed by atoms with Crippen molar-refractivity contribution in [1.29, 1.82) is 0 Å². The fraction of sp³-hybridized carbons (Fsp3) is 0.562. The lowest BCUT2D eigenvalue weighted by molar-refractivity contribution is -0.128. The zero-order valence-corrected chi connectivity index (χ0v) is 11.8. The molecule has 0 heterocycles. The van der Waals surface area contributed by atoms with E-state index in [0.29, 0.717) is 6.54 Å². The summed E-state index contributed by atoms with van der Waals surface area (Å²) >= 11 is 0. The van der Waals surface area contributed by atoms with Gasteiger partial charge in [-0.25, -0.2) is 0 Å². The molecule has 0 aromatic heterocycles. The van der Waals surface area contributed by atoms with Gasteiger partial charge in [0.25, 0.3) is 0 Å². The lowest BCUT2D eigenvalue weighted by Crippen LogP contribution is -2.41. The molecule has 4 nitrogen and oxygen atoms in total. The number of benzene rings is 1. The van der Waals surface area contributed by atoms with Crippen LogP contribution in [0.4, 0.5) is 0 Å². The van der Waals surface area contributed by atoms with Gasteiger partial charge < -0.3 is 16.2 Å². The first-order valence-electron chi connectivity index (χ1n) is 7.42. The quantitative estimate of drug-likeness (QED) is 0.764. The number of hydrogen-bond acceptors (Lipinski definition) is 3. The molecule has 0 radical (unpaired) electrons. The molecule has 2 unspecified atom stereocenters. The third kappa shape index (κ3) is 3.58. The van der Waals surface area contributed by atoms with E-state index in [4.69, 9.17) is 5.73 Å². The Labute approximate surface area is 120 Å². The topological polar surface area (TPSA) is 75.4 Å². The van der Waals surface area contributed by atoms with E-state index in [1.807, 2.05) is 30.3 Å². The van der Waals surface area contributed by atoms with Crippen LogP contribution in [0.25, 0.3) is 0 Å². The van der Waals surface area contributed by atoms with Crippen LogP contribution in [0.3, 0.4) is 0 Å². The fourth-order valence-electron chi connectivity index (χ4n) is 3.03. The normalized spacial score (nSPS) is 24.1. The summed E-state index contributed by atoms with van der Waals surface area (Å²) < 4.78 is 0. The number of aliphatic hydroxyl groups excluding tert-OH is 1. The molecule has 1 fully saturated rings. The van der Waals surface area contributed by atoms with Crippen molar-refractivity contribution in [3.05, 3.63) is 35.9 Å². The molecule has 1 aliphatic carbocycles. The summed E-state index contributed by atoms with van der Waals surface area (Å²) in [5, 5.41) is 12.5. The Morgan fingerprint density at radius 2 is 2.00 bits per heavy atom. The molecular formula is C16H24N2O2. The van der Waals surface area contributed by atoms with Crippen LogP contribution >= 0.6 is 0 Å². The summed E-state index contributed by atoms with van der Waals surface area (Å²) in [5.74, 6) is 0.299. The molecule has 20 heavy (non-hydrogen) atoms. The van der Waals surface area contributed by atoms with Crippen LogP contribution < -0.4 is 11.1 Å². The Kier molecular flexibility index (Phi) is 5.56. The first-order valence-corrected chi connectivity index (χ1v) is 7.42. The monoisotopic (exact) mass is 276 g/mol. The fourth-order valence-corrected chi connectivity index (χ4v) is 3.03. The van der Waals surface area contributed by atoms with Crippen LogP contribution in [-0.2, 0) is 4.79 Å². The Morgan fingerprint density at radius 3 is 2.65 bits per heavy atom. The van der Waals surface area contributed by atoms with Crippen LogP contribution in [0.5, 0.6) is 0 Å². The number of rotatable bonds is 5. The van der Waals surface area contributed by atoms with Crippen molar-refractivity contribution in [1.82, 2.24) is 5.32 Å².